The smallest absolute Gasteiger partial charge is 0.0455 e. The Morgan fingerprint density at radius 3 is 3.10 bits per heavy atom. The lowest BCUT2D eigenvalue weighted by molar-refractivity contribution is 1.30. The van der Waals surface area contributed by atoms with E-state index in [1.54, 1.807) is 0 Å². The highest BCUT2D eigenvalue weighted by Gasteiger charge is 1.92. The number of aromatic amines is 1. The van der Waals surface area contributed by atoms with E-state index < -0.39 is 0 Å². The van der Waals surface area contributed by atoms with Crippen LogP contribution < -0.4 is 0 Å². The first-order valence-corrected chi connectivity index (χ1v) is 3.26. The van der Waals surface area contributed by atoms with E-state index in [0.29, 0.717) is 6.90 Å². The normalized spacial score (nSPS) is 11.8. The molecule has 0 fully saturated rings. The third-order valence-corrected chi connectivity index (χ3v) is 1.59. The van der Waals surface area contributed by atoms with Crippen molar-refractivity contribution in [2.75, 3.05) is 0 Å². The fraction of sp³-hybridized carbons (Fsp3) is 0.111. The number of rotatable bonds is 0. The highest BCUT2D eigenvalue weighted by atomic mass is 14.7. The Bertz CT molecular complexity index is 331. The molecule has 0 saturated carbocycles. The Labute approximate surface area is 61.1 Å². The zero-order valence-electron chi connectivity index (χ0n) is 6.59. The Balaban J connectivity index is 2.69. The zero-order valence-corrected chi connectivity index (χ0v) is 5.59. The second kappa shape index (κ2) is 1.87. The van der Waals surface area contributed by atoms with Crippen LogP contribution >= 0.6 is 0 Å². The lowest BCUT2D eigenvalue weighted by Crippen LogP contribution is -1.65. The molecule has 0 aliphatic carbocycles. The molecule has 0 bridgehead atoms. The van der Waals surface area contributed by atoms with Gasteiger partial charge in [-0.2, -0.15) is 0 Å². The van der Waals surface area contributed by atoms with Crippen molar-refractivity contribution >= 4 is 10.9 Å². The SMILES string of the molecule is [2H]Cc1cc2ccccc2[nH]1. The third-order valence-electron chi connectivity index (χ3n) is 1.59. The Hall–Kier alpha value is -1.24. The number of para-hydroxylation sites is 1. The molecule has 0 aliphatic heterocycles. The van der Waals surface area contributed by atoms with Crippen molar-refractivity contribution < 1.29 is 1.37 Å². The molecule has 0 unspecified atom stereocenters. The van der Waals surface area contributed by atoms with Gasteiger partial charge in [0.2, 0.25) is 0 Å². The number of nitrogens with one attached hydrogen (secondary N) is 1. The van der Waals surface area contributed by atoms with Crippen LogP contribution in [0, 0.1) is 6.90 Å². The highest BCUT2D eigenvalue weighted by molar-refractivity contribution is 5.79. The van der Waals surface area contributed by atoms with Crippen LogP contribution in [0.1, 0.15) is 7.06 Å². The number of H-pyrrole nitrogens is 1. The van der Waals surface area contributed by atoms with Crippen LogP contribution in [0.3, 0.4) is 0 Å². The first-order valence-electron chi connectivity index (χ1n) is 3.97. The molecular formula is C9H9N. The first kappa shape index (κ1) is 4.56. The number of hydrogen-bond acceptors (Lipinski definition) is 0. The number of benzene rings is 1. The van der Waals surface area contributed by atoms with E-state index in [4.69, 9.17) is 1.37 Å². The van der Waals surface area contributed by atoms with Gasteiger partial charge in [0.1, 0.15) is 0 Å². The molecule has 1 aromatic carbocycles. The first-order chi connectivity index (χ1) is 5.40. The summed E-state index contributed by atoms with van der Waals surface area (Å²) >= 11 is 0. The lowest BCUT2D eigenvalue weighted by Gasteiger charge is -1.83. The molecule has 0 amide bonds. The Kier molecular flexibility index (Phi) is 0.853. The van der Waals surface area contributed by atoms with Crippen molar-refractivity contribution in [2.24, 2.45) is 0 Å². The average Bonchev–Trinajstić information content (AvgIpc) is 2.46. The molecule has 1 heteroatoms. The maximum atomic E-state index is 7.14. The quantitative estimate of drug-likeness (QED) is 0.566. The zero-order chi connectivity index (χ0) is 7.68. The fourth-order valence-electron chi connectivity index (χ4n) is 1.13. The Morgan fingerprint density at radius 1 is 1.40 bits per heavy atom. The van der Waals surface area contributed by atoms with Crippen LogP contribution in [0.2, 0.25) is 0 Å². The molecule has 1 N–H and O–H groups in total. The van der Waals surface area contributed by atoms with Crippen molar-refractivity contribution in [3.05, 3.63) is 36.0 Å². The van der Waals surface area contributed by atoms with Gasteiger partial charge in [-0.05, 0) is 24.4 Å². The van der Waals surface area contributed by atoms with Gasteiger partial charge in [0.25, 0.3) is 0 Å². The predicted molar refractivity (Wildman–Crippen MR) is 43.0 cm³/mol. The summed E-state index contributed by atoms with van der Waals surface area (Å²) in [5.74, 6) is 0. The van der Waals surface area contributed by atoms with E-state index in [0.717, 1.165) is 11.2 Å². The molecule has 1 nitrogen and oxygen atoms in total. The summed E-state index contributed by atoms with van der Waals surface area (Å²) in [4.78, 5) is 3.16. The van der Waals surface area contributed by atoms with Gasteiger partial charge in [-0.3, -0.25) is 0 Å². The number of fused-ring (bicyclic) bond motifs is 1. The maximum absolute atomic E-state index is 7.14. The lowest BCUT2D eigenvalue weighted by atomic mass is 10.2. The second-order valence-electron chi connectivity index (χ2n) is 2.38. The van der Waals surface area contributed by atoms with Gasteiger partial charge in [-0.25, -0.2) is 0 Å². The number of hydrogen-bond donors (Lipinski definition) is 1. The molecule has 0 aliphatic rings. The van der Waals surface area contributed by atoms with Gasteiger partial charge < -0.3 is 4.98 Å². The summed E-state index contributed by atoms with van der Waals surface area (Å²) in [5, 5.41) is 1.19. The van der Waals surface area contributed by atoms with Gasteiger partial charge in [0, 0.05) is 12.6 Å². The summed E-state index contributed by atoms with van der Waals surface area (Å²) in [6, 6.07) is 10.1. The predicted octanol–water partition coefficient (Wildman–Crippen LogP) is 2.48. The summed E-state index contributed by atoms with van der Waals surface area (Å²) in [6.45, 7) is 0.328. The number of aryl methyl sites for hydroxylation is 1. The van der Waals surface area contributed by atoms with Crippen LogP contribution in [0.15, 0.2) is 30.3 Å². The molecule has 2 aromatic rings. The average molecular weight is 132 g/mol. The van der Waals surface area contributed by atoms with E-state index >= 15 is 0 Å². The summed E-state index contributed by atoms with van der Waals surface area (Å²) in [6.07, 6.45) is 0. The number of aromatic nitrogens is 1. The summed E-state index contributed by atoms with van der Waals surface area (Å²) in [7, 11) is 0. The molecular weight excluding hydrogens is 122 g/mol. The fourth-order valence-corrected chi connectivity index (χ4v) is 1.13. The van der Waals surface area contributed by atoms with E-state index in [2.05, 4.69) is 4.98 Å². The van der Waals surface area contributed by atoms with E-state index in [1.807, 2.05) is 30.3 Å². The van der Waals surface area contributed by atoms with E-state index in [-0.39, 0.29) is 0 Å². The summed E-state index contributed by atoms with van der Waals surface area (Å²) < 4.78 is 7.14. The standard InChI is InChI=1S/C9H9N/c1-7-6-8-4-2-3-5-9(8)10-7/h2-6,10H,1H3/i1D. The molecule has 1 aromatic heterocycles. The van der Waals surface area contributed by atoms with Crippen LogP contribution in [0.5, 0.6) is 0 Å². The van der Waals surface area contributed by atoms with Crippen LogP contribution in [-0.4, -0.2) is 4.98 Å². The molecule has 1 heterocycles. The molecule has 0 radical (unpaired) electrons. The van der Waals surface area contributed by atoms with Crippen molar-refractivity contribution in [1.82, 2.24) is 4.98 Å². The van der Waals surface area contributed by atoms with Gasteiger partial charge >= 0.3 is 0 Å². The van der Waals surface area contributed by atoms with E-state index in [1.165, 1.54) is 5.39 Å². The van der Waals surface area contributed by atoms with Gasteiger partial charge in [-0.15, -0.1) is 0 Å². The summed E-state index contributed by atoms with van der Waals surface area (Å²) in [5.41, 5.74) is 2.10. The molecule has 0 spiro atoms. The maximum Gasteiger partial charge on any atom is 0.0455 e. The van der Waals surface area contributed by atoms with Crippen LogP contribution in [0.4, 0.5) is 0 Å². The molecule has 2 rings (SSSR count). The van der Waals surface area contributed by atoms with Crippen molar-refractivity contribution in [2.45, 2.75) is 6.90 Å². The van der Waals surface area contributed by atoms with Gasteiger partial charge in [0.05, 0.1) is 0 Å². The minimum Gasteiger partial charge on any atom is -0.359 e. The van der Waals surface area contributed by atoms with Crippen molar-refractivity contribution in [3.8, 4) is 0 Å². The topological polar surface area (TPSA) is 15.8 Å². The van der Waals surface area contributed by atoms with Crippen molar-refractivity contribution in [3.63, 3.8) is 0 Å². The van der Waals surface area contributed by atoms with Gasteiger partial charge in [0.15, 0.2) is 0 Å². The Morgan fingerprint density at radius 2 is 2.30 bits per heavy atom. The minimum atomic E-state index is 0.328. The van der Waals surface area contributed by atoms with Gasteiger partial charge in [-0.1, -0.05) is 18.2 Å². The molecule has 50 valence electrons. The van der Waals surface area contributed by atoms with Crippen LogP contribution in [-0.2, 0) is 0 Å². The van der Waals surface area contributed by atoms with E-state index in [9.17, 15) is 0 Å². The molecule has 0 saturated heterocycles. The minimum absolute atomic E-state index is 0.328. The largest absolute Gasteiger partial charge is 0.359 e. The highest BCUT2D eigenvalue weighted by Crippen LogP contribution is 2.12. The molecule has 0 atom stereocenters. The third kappa shape index (κ3) is 0.711. The molecule has 10 heavy (non-hydrogen) atoms. The second-order valence-corrected chi connectivity index (χ2v) is 2.38. The van der Waals surface area contributed by atoms with Crippen molar-refractivity contribution in [1.29, 1.82) is 0 Å². The monoisotopic (exact) mass is 132 g/mol. The van der Waals surface area contributed by atoms with Crippen LogP contribution in [0.25, 0.3) is 10.9 Å².